The fourth-order valence-corrected chi connectivity index (χ4v) is 0.500. The molecule has 1 heteroatoms. The molecule has 0 aromatic carbocycles. The van der Waals surface area contributed by atoms with E-state index in [0.717, 1.165) is 6.42 Å². The Balaban J connectivity index is 3.08. The Morgan fingerprint density at radius 2 is 2.43 bits per heavy atom. The molecule has 0 spiro atoms. The van der Waals surface area contributed by atoms with Gasteiger partial charge in [0.25, 0.3) is 0 Å². The highest BCUT2D eigenvalue weighted by Gasteiger charge is 1.80. The topological polar surface area (TPSA) is 0 Å². The maximum atomic E-state index is 3.65. The van der Waals surface area contributed by atoms with Gasteiger partial charge in [-0.15, -0.1) is 0 Å². The van der Waals surface area contributed by atoms with Crippen molar-refractivity contribution in [1.29, 1.82) is 0 Å². The first-order valence-corrected chi connectivity index (χ1v) is 3.29. The predicted molar refractivity (Wildman–Crippen MR) is 37.5 cm³/mol. The van der Waals surface area contributed by atoms with Crippen LogP contribution in [0.2, 0.25) is 0 Å². The summed E-state index contributed by atoms with van der Waals surface area (Å²) in [5, 5.41) is 0. The second-order valence-electron chi connectivity index (χ2n) is 1.39. The van der Waals surface area contributed by atoms with E-state index >= 15 is 0 Å². The first-order valence-electron chi connectivity index (χ1n) is 2.37. The summed E-state index contributed by atoms with van der Waals surface area (Å²) in [5.41, 5.74) is 0. The summed E-state index contributed by atoms with van der Waals surface area (Å²) >= 11 is 3.36. The van der Waals surface area contributed by atoms with Crippen molar-refractivity contribution in [2.75, 3.05) is 0 Å². The molecule has 1 atom stereocenters. The first kappa shape index (κ1) is 7.22. The normalized spacial score (nSPS) is 15.3. The van der Waals surface area contributed by atoms with Crippen LogP contribution in [0.1, 0.15) is 13.3 Å². The summed E-state index contributed by atoms with van der Waals surface area (Å²) < 4.78 is 0. The van der Waals surface area contributed by atoms with E-state index in [1.807, 2.05) is 6.08 Å². The maximum absolute atomic E-state index is 3.65. The molecule has 0 aromatic heterocycles. The Labute approximate surface area is 53.7 Å². The number of rotatable bonds is 2. The van der Waals surface area contributed by atoms with Crippen molar-refractivity contribution in [3.8, 4) is 0 Å². The number of alkyl halides is 1. The van der Waals surface area contributed by atoms with E-state index < -0.39 is 0 Å². The van der Waals surface area contributed by atoms with Crippen LogP contribution in [0.5, 0.6) is 0 Å². The minimum Gasteiger partial charge on any atom is -0.0874 e. The minimum absolute atomic E-state index is 0.495. The second-order valence-corrected chi connectivity index (χ2v) is 2.84. The van der Waals surface area contributed by atoms with Crippen LogP contribution < -0.4 is 0 Å². The molecule has 0 heterocycles. The van der Waals surface area contributed by atoms with Gasteiger partial charge in [0.2, 0.25) is 0 Å². The fourth-order valence-electron chi connectivity index (χ4n) is 0.284. The van der Waals surface area contributed by atoms with Gasteiger partial charge < -0.3 is 0 Å². The van der Waals surface area contributed by atoms with Gasteiger partial charge in [-0.25, -0.2) is 0 Å². The SMILES string of the molecule is [CH2]C/C=C/C(C)Br. The molecular formula is C6H10Br. The van der Waals surface area contributed by atoms with Crippen molar-refractivity contribution < 1.29 is 0 Å². The maximum Gasteiger partial charge on any atom is 0.0297 e. The van der Waals surface area contributed by atoms with Crippen molar-refractivity contribution in [2.24, 2.45) is 0 Å². The zero-order valence-corrected chi connectivity index (χ0v) is 6.11. The summed E-state index contributed by atoms with van der Waals surface area (Å²) in [6.07, 6.45) is 5.00. The molecule has 0 saturated heterocycles. The van der Waals surface area contributed by atoms with Gasteiger partial charge >= 0.3 is 0 Å². The van der Waals surface area contributed by atoms with E-state index in [1.165, 1.54) is 0 Å². The molecule has 0 amide bonds. The fraction of sp³-hybridized carbons (Fsp3) is 0.500. The Kier molecular flexibility index (Phi) is 4.52. The van der Waals surface area contributed by atoms with Crippen molar-refractivity contribution in [3.05, 3.63) is 19.1 Å². The van der Waals surface area contributed by atoms with E-state index in [-0.39, 0.29) is 0 Å². The van der Waals surface area contributed by atoms with Gasteiger partial charge in [-0.05, 0) is 20.3 Å². The quantitative estimate of drug-likeness (QED) is 0.432. The Morgan fingerprint density at radius 3 is 2.57 bits per heavy atom. The zero-order valence-electron chi connectivity index (χ0n) is 4.52. The number of halogens is 1. The van der Waals surface area contributed by atoms with Crippen LogP contribution in [0.25, 0.3) is 0 Å². The van der Waals surface area contributed by atoms with Crippen molar-refractivity contribution >= 4 is 15.9 Å². The van der Waals surface area contributed by atoms with Crippen molar-refractivity contribution in [3.63, 3.8) is 0 Å². The van der Waals surface area contributed by atoms with Crippen molar-refractivity contribution in [2.45, 2.75) is 18.2 Å². The summed E-state index contributed by atoms with van der Waals surface area (Å²) in [6.45, 7) is 5.73. The molecular weight excluding hydrogens is 152 g/mol. The highest BCUT2D eigenvalue weighted by molar-refractivity contribution is 9.09. The lowest BCUT2D eigenvalue weighted by atomic mass is 10.4. The summed E-state index contributed by atoms with van der Waals surface area (Å²) in [5.74, 6) is 0. The molecule has 0 aliphatic rings. The number of hydrogen-bond acceptors (Lipinski definition) is 0. The molecule has 41 valence electrons. The molecule has 1 radical (unpaired) electrons. The largest absolute Gasteiger partial charge is 0.0874 e. The van der Waals surface area contributed by atoms with Crippen LogP contribution in [-0.2, 0) is 0 Å². The van der Waals surface area contributed by atoms with Gasteiger partial charge in [-0.2, -0.15) is 0 Å². The monoisotopic (exact) mass is 161 g/mol. The van der Waals surface area contributed by atoms with Gasteiger partial charge in [0, 0.05) is 4.83 Å². The average molecular weight is 162 g/mol. The lowest BCUT2D eigenvalue weighted by Crippen LogP contribution is -1.77. The van der Waals surface area contributed by atoms with Crippen LogP contribution in [0.3, 0.4) is 0 Å². The summed E-state index contributed by atoms with van der Waals surface area (Å²) in [4.78, 5) is 0.495. The van der Waals surface area contributed by atoms with Crippen molar-refractivity contribution in [1.82, 2.24) is 0 Å². The first-order chi connectivity index (χ1) is 3.27. The van der Waals surface area contributed by atoms with Crippen LogP contribution in [-0.4, -0.2) is 4.83 Å². The van der Waals surface area contributed by atoms with E-state index in [1.54, 1.807) is 0 Å². The molecule has 0 aliphatic carbocycles. The standard InChI is InChI=1S/C6H10Br/c1-3-4-5-6(2)7/h4-6H,1,3H2,2H3/b5-4+. The minimum atomic E-state index is 0.495. The van der Waals surface area contributed by atoms with Gasteiger partial charge in [0.1, 0.15) is 0 Å². The third-order valence-corrected chi connectivity index (χ3v) is 0.873. The van der Waals surface area contributed by atoms with Gasteiger partial charge in [-0.3, -0.25) is 0 Å². The van der Waals surface area contributed by atoms with Crippen LogP contribution in [0.4, 0.5) is 0 Å². The number of hydrogen-bond donors (Lipinski definition) is 0. The summed E-state index contributed by atoms with van der Waals surface area (Å²) in [6, 6.07) is 0. The van der Waals surface area contributed by atoms with Crippen LogP contribution >= 0.6 is 15.9 Å². The molecule has 0 fully saturated rings. The Hall–Kier alpha value is 0.220. The third-order valence-electron chi connectivity index (χ3n) is 0.568. The lowest BCUT2D eigenvalue weighted by Gasteiger charge is -1.86. The number of allylic oxidation sites excluding steroid dienone is 2. The predicted octanol–water partition coefficient (Wildman–Crippen LogP) is 2.55. The Bertz CT molecular complexity index is 55.2. The smallest absolute Gasteiger partial charge is 0.0297 e. The molecule has 0 bridgehead atoms. The molecule has 0 saturated carbocycles. The molecule has 0 aliphatic heterocycles. The Morgan fingerprint density at radius 1 is 1.86 bits per heavy atom. The van der Waals surface area contributed by atoms with E-state index in [0.29, 0.717) is 4.83 Å². The van der Waals surface area contributed by atoms with E-state index in [2.05, 4.69) is 35.9 Å². The highest BCUT2D eigenvalue weighted by Crippen LogP contribution is 1.98. The lowest BCUT2D eigenvalue weighted by molar-refractivity contribution is 1.24. The molecule has 1 unspecified atom stereocenters. The third kappa shape index (κ3) is 6.22. The molecule has 0 nitrogen and oxygen atoms in total. The molecule has 7 heavy (non-hydrogen) atoms. The summed E-state index contributed by atoms with van der Waals surface area (Å²) in [7, 11) is 0. The van der Waals surface area contributed by atoms with Gasteiger partial charge in [0.15, 0.2) is 0 Å². The molecule has 0 rings (SSSR count). The zero-order chi connectivity index (χ0) is 5.70. The highest BCUT2D eigenvalue weighted by atomic mass is 79.9. The molecule has 0 aromatic rings. The van der Waals surface area contributed by atoms with Gasteiger partial charge in [-0.1, -0.05) is 28.1 Å². The van der Waals surface area contributed by atoms with E-state index in [4.69, 9.17) is 0 Å². The van der Waals surface area contributed by atoms with Crippen LogP contribution in [0, 0.1) is 6.92 Å². The van der Waals surface area contributed by atoms with Crippen LogP contribution in [0.15, 0.2) is 12.2 Å². The average Bonchev–Trinajstić information content (AvgIpc) is 1.61. The molecule has 0 N–H and O–H groups in total. The van der Waals surface area contributed by atoms with E-state index in [9.17, 15) is 0 Å². The van der Waals surface area contributed by atoms with Gasteiger partial charge in [0.05, 0.1) is 0 Å². The second kappa shape index (κ2) is 4.38.